The van der Waals surface area contributed by atoms with E-state index in [0.29, 0.717) is 12.5 Å². The van der Waals surface area contributed by atoms with Crippen LogP contribution in [-0.4, -0.2) is 25.3 Å². The number of benzene rings is 1. The van der Waals surface area contributed by atoms with E-state index < -0.39 is 17.6 Å². The van der Waals surface area contributed by atoms with Crippen molar-refractivity contribution in [1.82, 2.24) is 0 Å². The third kappa shape index (κ3) is 3.41. The summed E-state index contributed by atoms with van der Waals surface area (Å²) in [4.78, 5) is 11.6. The van der Waals surface area contributed by atoms with Gasteiger partial charge in [0.25, 0.3) is 0 Å². The molecule has 0 amide bonds. The Morgan fingerprint density at radius 3 is 2.89 bits per heavy atom. The summed E-state index contributed by atoms with van der Waals surface area (Å²) >= 11 is 0. The Labute approximate surface area is 109 Å². The summed E-state index contributed by atoms with van der Waals surface area (Å²) in [7, 11) is 0. The van der Waals surface area contributed by atoms with Gasteiger partial charge in [-0.15, -0.1) is 0 Å². The lowest BCUT2D eigenvalue weighted by Crippen LogP contribution is -2.14. The van der Waals surface area contributed by atoms with E-state index in [1.165, 1.54) is 0 Å². The molecular formula is C13H15F2NO3. The summed E-state index contributed by atoms with van der Waals surface area (Å²) in [5.41, 5.74) is 4.65. The number of halogens is 2. The van der Waals surface area contributed by atoms with Crippen LogP contribution in [0.15, 0.2) is 12.1 Å². The van der Waals surface area contributed by atoms with Crippen LogP contribution in [0.25, 0.3) is 0 Å². The molecule has 1 saturated heterocycles. The molecule has 2 N–H and O–H groups in total. The Morgan fingerprint density at radius 2 is 2.21 bits per heavy atom. The fraction of sp³-hybridized carbons (Fsp3) is 0.462. The summed E-state index contributed by atoms with van der Waals surface area (Å²) in [5.74, 6) is -2.72. The van der Waals surface area contributed by atoms with Crippen LogP contribution in [0.1, 0.15) is 29.6 Å². The minimum absolute atomic E-state index is 0.0935. The molecule has 1 atom stereocenters. The Morgan fingerprint density at radius 1 is 1.42 bits per heavy atom. The van der Waals surface area contributed by atoms with Gasteiger partial charge in [0.15, 0.2) is 0 Å². The predicted molar refractivity (Wildman–Crippen MR) is 64.6 cm³/mol. The molecule has 0 radical (unpaired) electrons. The molecule has 1 aliphatic rings. The van der Waals surface area contributed by atoms with Crippen LogP contribution in [-0.2, 0) is 9.47 Å². The molecule has 19 heavy (non-hydrogen) atoms. The molecular weight excluding hydrogens is 256 g/mol. The fourth-order valence-corrected chi connectivity index (χ4v) is 1.95. The maximum Gasteiger partial charge on any atom is 0.341 e. The Bertz CT molecular complexity index is 473. The van der Waals surface area contributed by atoms with E-state index in [1.807, 2.05) is 0 Å². The van der Waals surface area contributed by atoms with Gasteiger partial charge in [-0.3, -0.25) is 0 Å². The van der Waals surface area contributed by atoms with E-state index >= 15 is 0 Å². The molecule has 0 aromatic heterocycles. The quantitative estimate of drug-likeness (QED) is 0.674. The largest absolute Gasteiger partial charge is 0.462 e. The molecule has 1 aliphatic heterocycles. The number of rotatable bonds is 4. The van der Waals surface area contributed by atoms with Gasteiger partial charge in [-0.2, -0.15) is 0 Å². The topological polar surface area (TPSA) is 61.6 Å². The summed E-state index contributed by atoms with van der Waals surface area (Å²) in [6.45, 7) is 0.863. The first kappa shape index (κ1) is 13.7. The van der Waals surface area contributed by atoms with Gasteiger partial charge in [0.1, 0.15) is 11.6 Å². The van der Waals surface area contributed by atoms with Gasteiger partial charge in [-0.1, -0.05) is 0 Å². The molecule has 1 aromatic rings. The van der Waals surface area contributed by atoms with Gasteiger partial charge in [0, 0.05) is 19.1 Å². The molecule has 1 unspecified atom stereocenters. The zero-order valence-corrected chi connectivity index (χ0v) is 10.3. The van der Waals surface area contributed by atoms with Crippen molar-refractivity contribution in [3.05, 3.63) is 29.3 Å². The van der Waals surface area contributed by atoms with Crippen LogP contribution in [0.4, 0.5) is 14.5 Å². The predicted octanol–water partition coefficient (Wildman–Crippen LogP) is 2.27. The van der Waals surface area contributed by atoms with Gasteiger partial charge < -0.3 is 15.2 Å². The first-order chi connectivity index (χ1) is 9.08. The summed E-state index contributed by atoms with van der Waals surface area (Å²) in [6.07, 6.45) is 2.61. The zero-order valence-electron chi connectivity index (χ0n) is 10.3. The van der Waals surface area contributed by atoms with Gasteiger partial charge in [-0.05, 0) is 18.9 Å². The number of esters is 1. The van der Waals surface area contributed by atoms with Gasteiger partial charge in [-0.25, -0.2) is 13.6 Å². The van der Waals surface area contributed by atoms with E-state index in [2.05, 4.69) is 0 Å². The SMILES string of the molecule is Nc1cc(C(=O)OCCC2CCCO2)c(F)cc1F. The minimum atomic E-state index is -0.978. The van der Waals surface area contributed by atoms with E-state index in [4.69, 9.17) is 15.2 Å². The molecule has 4 nitrogen and oxygen atoms in total. The zero-order chi connectivity index (χ0) is 13.8. The highest BCUT2D eigenvalue weighted by Gasteiger charge is 2.19. The van der Waals surface area contributed by atoms with Crippen molar-refractivity contribution < 1.29 is 23.0 Å². The molecule has 2 rings (SSSR count). The fourth-order valence-electron chi connectivity index (χ4n) is 1.95. The highest BCUT2D eigenvalue weighted by atomic mass is 19.1. The van der Waals surface area contributed by atoms with Gasteiger partial charge in [0.05, 0.1) is 24.0 Å². The number of hydrogen-bond acceptors (Lipinski definition) is 4. The first-order valence-corrected chi connectivity index (χ1v) is 6.11. The second-order valence-electron chi connectivity index (χ2n) is 4.41. The van der Waals surface area contributed by atoms with Crippen LogP contribution >= 0.6 is 0 Å². The Kier molecular flexibility index (Phi) is 4.31. The lowest BCUT2D eigenvalue weighted by molar-refractivity contribution is 0.0381. The lowest BCUT2D eigenvalue weighted by Gasteiger charge is -2.10. The molecule has 0 spiro atoms. The van der Waals surface area contributed by atoms with Crippen molar-refractivity contribution in [2.24, 2.45) is 0 Å². The van der Waals surface area contributed by atoms with Gasteiger partial charge in [0.2, 0.25) is 0 Å². The molecule has 0 saturated carbocycles. The van der Waals surface area contributed by atoms with Crippen LogP contribution in [0, 0.1) is 11.6 Å². The second kappa shape index (κ2) is 5.97. The van der Waals surface area contributed by atoms with Crippen molar-refractivity contribution in [3.8, 4) is 0 Å². The molecule has 104 valence electrons. The average Bonchev–Trinajstić information content (AvgIpc) is 2.86. The number of anilines is 1. The average molecular weight is 271 g/mol. The smallest absolute Gasteiger partial charge is 0.341 e. The van der Waals surface area contributed by atoms with Crippen molar-refractivity contribution >= 4 is 11.7 Å². The second-order valence-corrected chi connectivity index (χ2v) is 4.41. The van der Waals surface area contributed by atoms with Crippen molar-refractivity contribution in [2.75, 3.05) is 18.9 Å². The van der Waals surface area contributed by atoms with Crippen LogP contribution in [0.3, 0.4) is 0 Å². The third-order valence-electron chi connectivity index (χ3n) is 3.00. The summed E-state index contributed by atoms with van der Waals surface area (Å²) in [6, 6.07) is 1.52. The number of nitrogens with two attached hydrogens (primary N) is 1. The maximum atomic E-state index is 13.4. The number of ether oxygens (including phenoxy) is 2. The highest BCUT2D eigenvalue weighted by molar-refractivity contribution is 5.90. The number of carbonyl (C=O) groups excluding carboxylic acids is 1. The first-order valence-electron chi connectivity index (χ1n) is 6.11. The van der Waals surface area contributed by atoms with Gasteiger partial charge >= 0.3 is 5.97 Å². The molecule has 1 aromatic carbocycles. The number of hydrogen-bond donors (Lipinski definition) is 1. The molecule has 0 bridgehead atoms. The Hall–Kier alpha value is -1.69. The van der Waals surface area contributed by atoms with Crippen molar-refractivity contribution in [3.63, 3.8) is 0 Å². The normalized spacial score (nSPS) is 18.5. The van der Waals surface area contributed by atoms with Crippen molar-refractivity contribution in [1.29, 1.82) is 0 Å². The van der Waals surface area contributed by atoms with Crippen LogP contribution in [0.2, 0.25) is 0 Å². The van der Waals surface area contributed by atoms with E-state index in [9.17, 15) is 13.6 Å². The minimum Gasteiger partial charge on any atom is -0.462 e. The third-order valence-corrected chi connectivity index (χ3v) is 3.00. The maximum absolute atomic E-state index is 13.4. The van der Waals surface area contributed by atoms with E-state index in [0.717, 1.165) is 25.5 Å². The molecule has 1 fully saturated rings. The summed E-state index contributed by atoms with van der Waals surface area (Å²) < 4.78 is 36.6. The van der Waals surface area contributed by atoms with Crippen LogP contribution in [0.5, 0.6) is 0 Å². The number of nitrogen functional groups attached to an aromatic ring is 1. The summed E-state index contributed by atoms with van der Waals surface area (Å²) in [5, 5.41) is 0. The lowest BCUT2D eigenvalue weighted by atomic mass is 10.2. The Balaban J connectivity index is 1.90. The molecule has 1 heterocycles. The monoisotopic (exact) mass is 271 g/mol. The molecule has 6 heteroatoms. The highest BCUT2D eigenvalue weighted by Crippen LogP contribution is 2.18. The van der Waals surface area contributed by atoms with Crippen molar-refractivity contribution in [2.45, 2.75) is 25.4 Å². The number of carbonyl (C=O) groups is 1. The van der Waals surface area contributed by atoms with E-state index in [-0.39, 0.29) is 24.0 Å². The standard InChI is InChI=1S/C13H15F2NO3/c14-10-7-11(15)12(16)6-9(10)13(17)19-5-3-8-2-1-4-18-8/h6-8H,1-5,16H2. The molecule has 0 aliphatic carbocycles. The van der Waals surface area contributed by atoms with Crippen LogP contribution < -0.4 is 5.73 Å². The van der Waals surface area contributed by atoms with E-state index in [1.54, 1.807) is 0 Å².